The minimum atomic E-state index is -1.50. The third kappa shape index (κ3) is 8.39. The number of hydrogen-bond acceptors (Lipinski definition) is 7. The van der Waals surface area contributed by atoms with Crippen LogP contribution in [0, 0.1) is 17.5 Å². The lowest BCUT2D eigenvalue weighted by molar-refractivity contribution is -0.118. The van der Waals surface area contributed by atoms with Gasteiger partial charge in [0.05, 0.1) is 19.3 Å². The molecule has 0 spiro atoms. The SMILES string of the molecule is CNC(=O)/C=C/CC[C@H](NC(=O)OC)C(=O)Nc1cccn(Cc2cc3cc(F)cc(OCc4ccc(F)cc4F)c3n2C(=O)O)c1=O. The molecule has 4 rings (SSSR count). The summed E-state index contributed by atoms with van der Waals surface area (Å²) in [5.41, 5.74) is -1.06. The number of nitrogens with one attached hydrogen (secondary N) is 3. The first kappa shape index (κ1) is 34.8. The number of carbonyl (C=O) groups is 4. The molecule has 0 radical (unpaired) electrons. The molecule has 2 heterocycles. The van der Waals surface area contributed by atoms with Gasteiger partial charge in [-0.15, -0.1) is 0 Å². The van der Waals surface area contributed by atoms with Gasteiger partial charge in [0.25, 0.3) is 5.56 Å². The number of methoxy groups -OCH3 is 1. The molecule has 0 saturated heterocycles. The molecule has 2 aromatic carbocycles. The van der Waals surface area contributed by atoms with Crippen molar-refractivity contribution in [3.8, 4) is 5.75 Å². The lowest BCUT2D eigenvalue weighted by Crippen LogP contribution is -2.44. The highest BCUT2D eigenvalue weighted by atomic mass is 19.1. The quantitative estimate of drug-likeness (QED) is 0.163. The summed E-state index contributed by atoms with van der Waals surface area (Å²) in [4.78, 5) is 62.2. The molecule has 3 amide bonds. The highest BCUT2D eigenvalue weighted by Crippen LogP contribution is 2.32. The summed E-state index contributed by atoms with van der Waals surface area (Å²) in [6, 6.07) is 7.67. The maximum Gasteiger partial charge on any atom is 0.416 e. The molecule has 16 heteroatoms. The number of ether oxygens (including phenoxy) is 2. The number of carbonyl (C=O) groups excluding carboxylic acids is 3. The van der Waals surface area contributed by atoms with Gasteiger partial charge in [-0.05, 0) is 55.3 Å². The lowest BCUT2D eigenvalue weighted by Gasteiger charge is -2.17. The number of nitrogens with zero attached hydrogens (tertiary/aromatic N) is 2. The summed E-state index contributed by atoms with van der Waals surface area (Å²) in [7, 11) is 2.55. The van der Waals surface area contributed by atoms with Crippen molar-refractivity contribution in [1.29, 1.82) is 0 Å². The Labute approximate surface area is 270 Å². The van der Waals surface area contributed by atoms with Gasteiger partial charge in [-0.2, -0.15) is 0 Å². The van der Waals surface area contributed by atoms with Crippen molar-refractivity contribution in [1.82, 2.24) is 19.8 Å². The van der Waals surface area contributed by atoms with Gasteiger partial charge < -0.3 is 35.1 Å². The third-order valence-electron chi connectivity index (χ3n) is 7.03. The van der Waals surface area contributed by atoms with Crippen molar-refractivity contribution in [3.05, 3.63) is 106 Å². The number of hydrogen-bond donors (Lipinski definition) is 4. The van der Waals surface area contributed by atoms with Crippen LogP contribution in [0.1, 0.15) is 24.1 Å². The van der Waals surface area contributed by atoms with E-state index in [9.17, 15) is 42.3 Å². The van der Waals surface area contributed by atoms with E-state index in [1.807, 2.05) is 0 Å². The molecule has 13 nitrogen and oxygen atoms in total. The Hall–Kier alpha value is -6.06. The van der Waals surface area contributed by atoms with E-state index >= 15 is 0 Å². The van der Waals surface area contributed by atoms with Crippen LogP contribution in [0.15, 0.2) is 71.7 Å². The Kier molecular flexibility index (Phi) is 11.2. The molecule has 4 N–H and O–H groups in total. The van der Waals surface area contributed by atoms with Crippen molar-refractivity contribution in [3.63, 3.8) is 0 Å². The number of pyridine rings is 1. The van der Waals surface area contributed by atoms with E-state index in [2.05, 4.69) is 20.7 Å². The van der Waals surface area contributed by atoms with Crippen LogP contribution in [0.2, 0.25) is 0 Å². The zero-order valence-corrected chi connectivity index (χ0v) is 25.6. The molecule has 2 aromatic heterocycles. The largest absolute Gasteiger partial charge is 0.486 e. The van der Waals surface area contributed by atoms with E-state index in [-0.39, 0.29) is 58.9 Å². The highest BCUT2D eigenvalue weighted by molar-refractivity contribution is 5.96. The average molecular weight is 670 g/mol. The number of benzene rings is 2. The van der Waals surface area contributed by atoms with Crippen molar-refractivity contribution >= 4 is 40.6 Å². The van der Waals surface area contributed by atoms with Crippen LogP contribution >= 0.6 is 0 Å². The lowest BCUT2D eigenvalue weighted by atomic mass is 10.1. The highest BCUT2D eigenvalue weighted by Gasteiger charge is 2.23. The molecule has 1 atom stereocenters. The zero-order chi connectivity index (χ0) is 35.0. The number of halogens is 3. The Balaban J connectivity index is 1.61. The van der Waals surface area contributed by atoms with Crippen molar-refractivity contribution in [2.24, 2.45) is 0 Å². The Morgan fingerprint density at radius 2 is 1.81 bits per heavy atom. The van der Waals surface area contributed by atoms with Gasteiger partial charge in [0.2, 0.25) is 11.8 Å². The standard InChI is InChI=1S/C32H30F3N5O8/c1-36-27(41)8-4-3-6-24(38-31(44)47-2)29(42)37-25-7-5-11-39(30(25)43)16-22-13-19-12-21(34)15-26(28(19)40(22)32(45)46)48-17-18-9-10-20(33)14-23(18)35/h4-5,7-15,24H,3,6,16-17H2,1-2H3,(H,36,41)(H,37,42)(H,38,44)(H,45,46)/b8-4+/t24-/m0/s1. The van der Waals surface area contributed by atoms with Crippen LogP contribution in [-0.2, 0) is 27.5 Å². The maximum absolute atomic E-state index is 14.6. The third-order valence-corrected chi connectivity index (χ3v) is 7.03. The van der Waals surface area contributed by atoms with Crippen molar-refractivity contribution in [2.45, 2.75) is 32.0 Å². The Morgan fingerprint density at radius 3 is 2.50 bits per heavy atom. The first-order chi connectivity index (χ1) is 22.9. The number of carboxylic acid groups (broad SMARTS) is 1. The summed E-state index contributed by atoms with van der Waals surface area (Å²) in [6.07, 6.45) is 1.95. The first-order valence-corrected chi connectivity index (χ1v) is 14.3. The van der Waals surface area contributed by atoms with E-state index in [1.165, 1.54) is 43.6 Å². The van der Waals surface area contributed by atoms with E-state index in [1.54, 1.807) is 0 Å². The van der Waals surface area contributed by atoms with Crippen LogP contribution in [-0.4, -0.2) is 58.4 Å². The van der Waals surface area contributed by atoms with E-state index in [0.29, 0.717) is 6.07 Å². The van der Waals surface area contributed by atoms with Gasteiger partial charge in [0.1, 0.15) is 47.1 Å². The smallest absolute Gasteiger partial charge is 0.416 e. The topological polar surface area (TPSA) is 170 Å². The second kappa shape index (κ2) is 15.5. The number of likely N-dealkylation sites (N-methyl/N-ethyl adjacent to an activating group) is 1. The molecule has 0 unspecified atom stereocenters. The zero-order valence-electron chi connectivity index (χ0n) is 25.6. The molecule has 0 aliphatic carbocycles. The molecule has 0 aliphatic rings. The number of allylic oxidation sites excluding steroid dienone is 1. The predicted molar refractivity (Wildman–Crippen MR) is 166 cm³/mol. The normalized spacial score (nSPS) is 11.7. The van der Waals surface area contributed by atoms with Crippen LogP contribution in [0.4, 0.5) is 28.4 Å². The fourth-order valence-electron chi connectivity index (χ4n) is 4.73. The number of aromatic nitrogens is 2. The van der Waals surface area contributed by atoms with Gasteiger partial charge in [-0.3, -0.25) is 14.4 Å². The monoisotopic (exact) mass is 669 g/mol. The molecule has 0 bridgehead atoms. The van der Waals surface area contributed by atoms with Gasteiger partial charge >= 0.3 is 12.2 Å². The Morgan fingerprint density at radius 1 is 1.04 bits per heavy atom. The number of amides is 3. The van der Waals surface area contributed by atoms with Crippen LogP contribution in [0.5, 0.6) is 5.75 Å². The minimum absolute atomic E-state index is 0.0135. The summed E-state index contributed by atoms with van der Waals surface area (Å²) >= 11 is 0. The molecule has 0 aliphatic heterocycles. The van der Waals surface area contributed by atoms with E-state index in [0.717, 1.165) is 40.5 Å². The molecular formula is C32H30F3N5O8. The molecule has 0 fully saturated rings. The van der Waals surface area contributed by atoms with Crippen LogP contribution in [0.25, 0.3) is 10.9 Å². The molecule has 4 aromatic rings. The van der Waals surface area contributed by atoms with E-state index in [4.69, 9.17) is 4.74 Å². The average Bonchev–Trinajstić information content (AvgIpc) is 3.41. The summed E-state index contributed by atoms with van der Waals surface area (Å²) in [5.74, 6) is -3.88. The Bertz CT molecular complexity index is 1960. The van der Waals surface area contributed by atoms with Gasteiger partial charge in [0.15, 0.2) is 0 Å². The molecule has 0 saturated carbocycles. The molecule has 48 heavy (non-hydrogen) atoms. The predicted octanol–water partition coefficient (Wildman–Crippen LogP) is 4.12. The second-order valence-electron chi connectivity index (χ2n) is 10.2. The minimum Gasteiger partial charge on any atom is -0.486 e. The molecule has 252 valence electrons. The van der Waals surface area contributed by atoms with Crippen molar-refractivity contribution in [2.75, 3.05) is 19.5 Å². The number of rotatable bonds is 12. The summed E-state index contributed by atoms with van der Waals surface area (Å²) in [5, 5.41) is 17.4. The van der Waals surface area contributed by atoms with Crippen LogP contribution < -0.4 is 26.2 Å². The fourth-order valence-corrected chi connectivity index (χ4v) is 4.73. The molecular weight excluding hydrogens is 639 g/mol. The summed E-state index contributed by atoms with van der Waals surface area (Å²) in [6.45, 7) is -0.826. The number of alkyl carbamates (subject to hydrolysis) is 1. The summed E-state index contributed by atoms with van der Waals surface area (Å²) < 4.78 is 54.1. The maximum atomic E-state index is 14.6. The van der Waals surface area contributed by atoms with Crippen molar-refractivity contribution < 1.29 is 46.9 Å². The fraction of sp³-hybridized carbons (Fsp3) is 0.219. The van der Waals surface area contributed by atoms with E-state index < -0.39 is 53.8 Å². The number of anilines is 1. The van der Waals surface area contributed by atoms with Crippen LogP contribution in [0.3, 0.4) is 0 Å². The first-order valence-electron chi connectivity index (χ1n) is 14.3. The van der Waals surface area contributed by atoms with Gasteiger partial charge in [-0.1, -0.05) is 6.08 Å². The van der Waals surface area contributed by atoms with Gasteiger partial charge in [-0.25, -0.2) is 27.3 Å². The second-order valence-corrected chi connectivity index (χ2v) is 10.2. The van der Waals surface area contributed by atoms with Gasteiger partial charge in [0, 0.05) is 36.3 Å². The number of fused-ring (bicyclic) bond motifs is 1.